The number of benzene rings is 1. The number of rotatable bonds is 6. The zero-order valence-electron chi connectivity index (χ0n) is 16.4. The van der Waals surface area contributed by atoms with E-state index >= 15 is 0 Å². The Morgan fingerprint density at radius 1 is 1.10 bits per heavy atom. The Bertz CT molecular complexity index is 886. The summed E-state index contributed by atoms with van der Waals surface area (Å²) in [6.45, 7) is 1.36. The van der Waals surface area contributed by atoms with Gasteiger partial charge in [0.15, 0.2) is 0 Å². The number of carbonyl (C=O) groups is 2. The number of hydrogen-bond acceptors (Lipinski definition) is 4. The first-order valence-corrected chi connectivity index (χ1v) is 10.3. The van der Waals surface area contributed by atoms with Crippen LogP contribution in [0.4, 0.5) is 0 Å². The Balaban J connectivity index is 1.34. The first-order chi connectivity index (χ1) is 14.1. The Kier molecular flexibility index (Phi) is 5.79. The van der Waals surface area contributed by atoms with Crippen molar-refractivity contribution in [2.75, 3.05) is 13.1 Å². The number of pyridine rings is 1. The maximum Gasteiger partial charge on any atom is 0.335 e. The van der Waals surface area contributed by atoms with Crippen LogP contribution >= 0.6 is 0 Å². The van der Waals surface area contributed by atoms with Gasteiger partial charge >= 0.3 is 5.97 Å². The fourth-order valence-corrected chi connectivity index (χ4v) is 4.01. The number of amides is 1. The minimum Gasteiger partial charge on any atom is -0.478 e. The number of aromatic nitrogens is 1. The number of hydrogen-bond donors (Lipinski definition) is 1. The van der Waals surface area contributed by atoms with Gasteiger partial charge in [0.25, 0.3) is 5.91 Å². The van der Waals surface area contributed by atoms with Crippen LogP contribution in [-0.2, 0) is 6.42 Å². The minimum absolute atomic E-state index is 0.00949. The van der Waals surface area contributed by atoms with Crippen LogP contribution in [0.1, 0.15) is 58.4 Å². The zero-order valence-corrected chi connectivity index (χ0v) is 16.4. The van der Waals surface area contributed by atoms with E-state index in [-0.39, 0.29) is 12.0 Å². The molecule has 1 aliphatic heterocycles. The lowest BCUT2D eigenvalue weighted by molar-refractivity contribution is 0.0688. The molecule has 2 fully saturated rings. The van der Waals surface area contributed by atoms with Crippen LogP contribution in [-0.4, -0.2) is 46.1 Å². The topological polar surface area (TPSA) is 79.7 Å². The normalized spacial score (nSPS) is 17.6. The van der Waals surface area contributed by atoms with Crippen LogP contribution in [0.15, 0.2) is 42.6 Å². The van der Waals surface area contributed by atoms with Crippen molar-refractivity contribution >= 4 is 11.9 Å². The number of carboxylic acids is 1. The molecule has 1 aromatic heterocycles. The highest BCUT2D eigenvalue weighted by Crippen LogP contribution is 2.26. The monoisotopic (exact) mass is 394 g/mol. The molecule has 0 bridgehead atoms. The summed E-state index contributed by atoms with van der Waals surface area (Å²) in [7, 11) is 0. The molecular weight excluding hydrogens is 368 g/mol. The number of carboxylic acid groups (broad SMARTS) is 1. The quantitative estimate of drug-likeness (QED) is 0.806. The summed E-state index contributed by atoms with van der Waals surface area (Å²) in [5, 5.41) is 9.36. The van der Waals surface area contributed by atoms with Crippen molar-refractivity contribution in [2.45, 2.75) is 44.6 Å². The molecule has 152 valence electrons. The predicted molar refractivity (Wildman–Crippen MR) is 108 cm³/mol. The third-order valence-corrected chi connectivity index (χ3v) is 5.98. The maximum atomic E-state index is 12.9. The molecule has 0 unspecified atom stereocenters. The lowest BCUT2D eigenvalue weighted by Crippen LogP contribution is -2.39. The van der Waals surface area contributed by atoms with Gasteiger partial charge in [-0.25, -0.2) is 9.78 Å². The van der Waals surface area contributed by atoms with E-state index in [4.69, 9.17) is 4.74 Å². The average Bonchev–Trinajstić information content (AvgIpc) is 2.71. The Morgan fingerprint density at radius 2 is 1.86 bits per heavy atom. The fourth-order valence-electron chi connectivity index (χ4n) is 4.01. The van der Waals surface area contributed by atoms with Crippen molar-refractivity contribution in [2.24, 2.45) is 5.92 Å². The van der Waals surface area contributed by atoms with E-state index in [2.05, 4.69) is 4.98 Å². The van der Waals surface area contributed by atoms with Gasteiger partial charge in [0.05, 0.1) is 5.56 Å². The Labute approximate surface area is 170 Å². The van der Waals surface area contributed by atoms with Crippen molar-refractivity contribution in [1.29, 1.82) is 0 Å². The molecule has 2 heterocycles. The number of likely N-dealkylation sites (tertiary alicyclic amines) is 1. The van der Waals surface area contributed by atoms with Gasteiger partial charge in [0.2, 0.25) is 5.88 Å². The van der Waals surface area contributed by atoms with E-state index in [0.29, 0.717) is 36.0 Å². The van der Waals surface area contributed by atoms with Gasteiger partial charge in [-0.1, -0.05) is 18.2 Å². The van der Waals surface area contributed by atoms with Gasteiger partial charge in [-0.15, -0.1) is 0 Å². The summed E-state index contributed by atoms with van der Waals surface area (Å²) < 4.78 is 5.81. The number of piperidine rings is 1. The fraction of sp³-hybridized carbons (Fsp3) is 0.435. The standard InChI is InChI=1S/C23H26N2O4/c26-22(18-8-11-24-21(15-18)29-19-5-3-6-19)25-12-9-16(10-13-25)14-17-4-1-2-7-20(17)23(27)28/h1-2,4,7-8,11,15-16,19H,3,5-6,9-10,12-14H2,(H,27,28). The number of aromatic carboxylic acids is 1. The minimum atomic E-state index is -0.883. The Morgan fingerprint density at radius 3 is 2.55 bits per heavy atom. The summed E-state index contributed by atoms with van der Waals surface area (Å²) in [4.78, 5) is 30.4. The second kappa shape index (κ2) is 8.64. The molecule has 1 N–H and O–H groups in total. The van der Waals surface area contributed by atoms with Crippen LogP contribution < -0.4 is 4.74 Å². The molecule has 29 heavy (non-hydrogen) atoms. The number of carbonyl (C=O) groups excluding carboxylic acids is 1. The molecule has 0 atom stereocenters. The third-order valence-electron chi connectivity index (χ3n) is 5.98. The molecule has 1 aliphatic carbocycles. The SMILES string of the molecule is O=C(O)c1ccccc1CC1CCN(C(=O)c2ccnc(OC3CCC3)c2)CC1. The highest BCUT2D eigenvalue weighted by molar-refractivity contribution is 5.94. The van der Waals surface area contributed by atoms with Crippen LogP contribution in [0.5, 0.6) is 5.88 Å². The van der Waals surface area contributed by atoms with Crippen molar-refractivity contribution in [3.63, 3.8) is 0 Å². The van der Waals surface area contributed by atoms with Gasteiger partial charge in [-0.05, 0) is 62.1 Å². The molecule has 2 aromatic rings. The molecule has 0 radical (unpaired) electrons. The van der Waals surface area contributed by atoms with Crippen molar-refractivity contribution < 1.29 is 19.4 Å². The van der Waals surface area contributed by atoms with E-state index in [0.717, 1.165) is 37.7 Å². The predicted octanol–water partition coefficient (Wildman–Crippen LogP) is 3.81. The lowest BCUT2D eigenvalue weighted by Gasteiger charge is -2.32. The number of ether oxygens (including phenoxy) is 1. The highest BCUT2D eigenvalue weighted by Gasteiger charge is 2.26. The first-order valence-electron chi connectivity index (χ1n) is 10.3. The molecule has 1 aromatic carbocycles. The van der Waals surface area contributed by atoms with Gasteiger partial charge in [0, 0.05) is 30.9 Å². The van der Waals surface area contributed by atoms with Crippen LogP contribution in [0.3, 0.4) is 0 Å². The summed E-state index contributed by atoms with van der Waals surface area (Å²) in [6, 6.07) is 10.7. The van der Waals surface area contributed by atoms with Crippen LogP contribution in [0.25, 0.3) is 0 Å². The van der Waals surface area contributed by atoms with Gasteiger partial charge in [-0.2, -0.15) is 0 Å². The second-order valence-corrected chi connectivity index (χ2v) is 7.96. The molecule has 0 spiro atoms. The second-order valence-electron chi connectivity index (χ2n) is 7.96. The van der Waals surface area contributed by atoms with E-state index in [1.54, 1.807) is 30.5 Å². The highest BCUT2D eigenvalue weighted by atomic mass is 16.5. The third kappa shape index (κ3) is 4.58. The van der Waals surface area contributed by atoms with Gasteiger partial charge in [0.1, 0.15) is 6.10 Å². The molecule has 6 heteroatoms. The van der Waals surface area contributed by atoms with Crippen molar-refractivity contribution in [3.8, 4) is 5.88 Å². The summed E-state index contributed by atoms with van der Waals surface area (Å²) >= 11 is 0. The summed E-state index contributed by atoms with van der Waals surface area (Å²) in [6.07, 6.45) is 7.64. The Hall–Kier alpha value is -2.89. The first kappa shape index (κ1) is 19.4. The van der Waals surface area contributed by atoms with E-state index in [9.17, 15) is 14.7 Å². The summed E-state index contributed by atoms with van der Waals surface area (Å²) in [5.41, 5.74) is 1.86. The lowest BCUT2D eigenvalue weighted by atomic mass is 9.88. The molecule has 1 saturated carbocycles. The smallest absolute Gasteiger partial charge is 0.335 e. The van der Waals surface area contributed by atoms with Crippen LogP contribution in [0, 0.1) is 5.92 Å². The molecule has 4 rings (SSSR count). The van der Waals surface area contributed by atoms with Crippen molar-refractivity contribution in [1.82, 2.24) is 9.88 Å². The molecule has 1 saturated heterocycles. The largest absolute Gasteiger partial charge is 0.478 e. The molecule has 2 aliphatic rings. The zero-order chi connectivity index (χ0) is 20.2. The molecule has 1 amide bonds. The van der Waals surface area contributed by atoms with Gasteiger partial charge < -0.3 is 14.7 Å². The molecular formula is C23H26N2O4. The summed E-state index contributed by atoms with van der Waals surface area (Å²) in [5.74, 6) is 0.0382. The van der Waals surface area contributed by atoms with E-state index < -0.39 is 5.97 Å². The average molecular weight is 394 g/mol. The molecule has 6 nitrogen and oxygen atoms in total. The number of nitrogens with zero attached hydrogens (tertiary/aromatic N) is 2. The van der Waals surface area contributed by atoms with Crippen molar-refractivity contribution in [3.05, 3.63) is 59.3 Å². The maximum absolute atomic E-state index is 12.9. The van der Waals surface area contributed by atoms with E-state index in [1.165, 1.54) is 6.42 Å². The van der Waals surface area contributed by atoms with E-state index in [1.807, 2.05) is 17.0 Å². The van der Waals surface area contributed by atoms with Gasteiger partial charge in [-0.3, -0.25) is 4.79 Å². The van der Waals surface area contributed by atoms with Crippen LogP contribution in [0.2, 0.25) is 0 Å².